The Bertz CT molecular complexity index is 540. The molecule has 1 amide bonds. The molecule has 0 spiro atoms. The molecule has 1 aliphatic rings. The summed E-state index contributed by atoms with van der Waals surface area (Å²) in [5.74, 6) is 0.635. The molecule has 132 valence electrons. The standard InChI is InChI=1S/C18H27N3O2S/c1-3-4-5-14-23-16-8-6-15(7-9-16)17(22)19-18(24)21-12-10-20(2)11-13-21/h6-9H,3-5,10-14H2,1-2H3,(H,19,22,24)/p+1. The summed E-state index contributed by atoms with van der Waals surface area (Å²) in [5, 5.41) is 3.35. The van der Waals surface area contributed by atoms with Gasteiger partial charge in [0.2, 0.25) is 0 Å². The van der Waals surface area contributed by atoms with Crippen molar-refractivity contribution in [2.24, 2.45) is 0 Å². The lowest BCUT2D eigenvalue weighted by Gasteiger charge is -2.31. The van der Waals surface area contributed by atoms with E-state index in [0.717, 1.165) is 45.0 Å². The molecule has 2 N–H and O–H groups in total. The second-order valence-electron chi connectivity index (χ2n) is 6.28. The van der Waals surface area contributed by atoms with Crippen molar-refractivity contribution in [1.29, 1.82) is 0 Å². The zero-order valence-electron chi connectivity index (χ0n) is 14.6. The molecule has 1 fully saturated rings. The van der Waals surface area contributed by atoms with Crippen LogP contribution in [0.15, 0.2) is 24.3 Å². The van der Waals surface area contributed by atoms with Crippen molar-refractivity contribution in [1.82, 2.24) is 10.2 Å². The van der Waals surface area contributed by atoms with E-state index < -0.39 is 0 Å². The number of unbranched alkanes of at least 4 members (excludes halogenated alkanes) is 2. The molecule has 0 aliphatic carbocycles. The molecule has 24 heavy (non-hydrogen) atoms. The molecule has 0 atom stereocenters. The number of thiocarbonyl (C=S) groups is 1. The number of hydrogen-bond acceptors (Lipinski definition) is 3. The third-order valence-electron chi connectivity index (χ3n) is 4.26. The fraction of sp³-hybridized carbons (Fsp3) is 0.556. The number of amides is 1. The van der Waals surface area contributed by atoms with Gasteiger partial charge in [0.25, 0.3) is 5.91 Å². The number of benzene rings is 1. The Morgan fingerprint density at radius 1 is 1.25 bits per heavy atom. The van der Waals surface area contributed by atoms with Crippen molar-refractivity contribution >= 4 is 23.2 Å². The first-order chi connectivity index (χ1) is 11.6. The minimum Gasteiger partial charge on any atom is -0.494 e. The van der Waals surface area contributed by atoms with Gasteiger partial charge < -0.3 is 14.5 Å². The first-order valence-corrected chi connectivity index (χ1v) is 9.15. The lowest BCUT2D eigenvalue weighted by atomic mass is 10.2. The number of piperazine rings is 1. The Labute approximate surface area is 150 Å². The molecule has 1 saturated heterocycles. The number of quaternary nitrogens is 1. The normalized spacial score (nSPS) is 15.2. The van der Waals surface area contributed by atoms with E-state index in [9.17, 15) is 4.79 Å². The van der Waals surface area contributed by atoms with Gasteiger partial charge in [0, 0.05) is 5.56 Å². The van der Waals surface area contributed by atoms with Crippen LogP contribution in [0.1, 0.15) is 36.5 Å². The number of carbonyl (C=O) groups excluding carboxylic acids is 1. The summed E-state index contributed by atoms with van der Waals surface area (Å²) in [6, 6.07) is 7.23. The van der Waals surface area contributed by atoms with Crippen molar-refractivity contribution in [2.45, 2.75) is 26.2 Å². The molecule has 0 bridgehead atoms. The largest absolute Gasteiger partial charge is 0.494 e. The molecule has 5 nitrogen and oxygen atoms in total. The van der Waals surface area contributed by atoms with Crippen LogP contribution in [0.5, 0.6) is 5.75 Å². The summed E-state index contributed by atoms with van der Waals surface area (Å²) in [6.45, 7) is 6.74. The molecule has 1 heterocycles. The molecule has 0 saturated carbocycles. The van der Waals surface area contributed by atoms with Crippen molar-refractivity contribution in [3.63, 3.8) is 0 Å². The van der Waals surface area contributed by atoms with Crippen LogP contribution >= 0.6 is 12.2 Å². The average molecular weight is 351 g/mol. The highest BCUT2D eigenvalue weighted by molar-refractivity contribution is 7.80. The predicted octanol–water partition coefficient (Wildman–Crippen LogP) is 1.10. The number of nitrogens with one attached hydrogen (secondary N) is 2. The van der Waals surface area contributed by atoms with Gasteiger partial charge in [-0.15, -0.1) is 0 Å². The van der Waals surface area contributed by atoms with Crippen LogP contribution in [0.25, 0.3) is 0 Å². The second-order valence-corrected chi connectivity index (χ2v) is 6.67. The van der Waals surface area contributed by atoms with E-state index in [1.54, 1.807) is 12.1 Å². The van der Waals surface area contributed by atoms with Gasteiger partial charge in [-0.25, -0.2) is 0 Å². The van der Waals surface area contributed by atoms with Gasteiger partial charge >= 0.3 is 0 Å². The summed E-state index contributed by atoms with van der Waals surface area (Å²) in [7, 11) is 2.17. The van der Waals surface area contributed by atoms with Gasteiger partial charge in [0.15, 0.2) is 5.11 Å². The Balaban J connectivity index is 1.80. The zero-order chi connectivity index (χ0) is 17.4. The molecule has 0 unspecified atom stereocenters. The lowest BCUT2D eigenvalue weighted by molar-refractivity contribution is -0.883. The van der Waals surface area contributed by atoms with Crippen LogP contribution in [0.2, 0.25) is 0 Å². The third kappa shape index (κ3) is 5.76. The monoisotopic (exact) mass is 350 g/mol. The van der Waals surface area contributed by atoms with Crippen molar-refractivity contribution < 1.29 is 14.4 Å². The lowest BCUT2D eigenvalue weighted by Crippen LogP contribution is -3.12. The molecule has 0 radical (unpaired) electrons. The maximum atomic E-state index is 12.3. The fourth-order valence-corrected chi connectivity index (χ4v) is 2.86. The maximum absolute atomic E-state index is 12.3. The van der Waals surface area contributed by atoms with Crippen LogP contribution in [-0.4, -0.2) is 55.8 Å². The van der Waals surface area contributed by atoms with Gasteiger partial charge in [0.1, 0.15) is 5.75 Å². The van der Waals surface area contributed by atoms with Crippen LogP contribution in [-0.2, 0) is 0 Å². The van der Waals surface area contributed by atoms with Crippen LogP contribution in [0, 0.1) is 0 Å². The van der Waals surface area contributed by atoms with Gasteiger partial charge in [-0.05, 0) is 42.9 Å². The fourth-order valence-electron chi connectivity index (χ4n) is 2.58. The van der Waals surface area contributed by atoms with E-state index in [1.165, 1.54) is 17.7 Å². The van der Waals surface area contributed by atoms with Crippen molar-refractivity contribution in [2.75, 3.05) is 39.8 Å². The Morgan fingerprint density at radius 3 is 2.54 bits per heavy atom. The molecule has 1 aromatic carbocycles. The van der Waals surface area contributed by atoms with Crippen LogP contribution in [0.4, 0.5) is 0 Å². The minimum atomic E-state index is -0.163. The number of likely N-dealkylation sites (N-methyl/N-ethyl adjacent to an activating group) is 1. The summed E-state index contributed by atoms with van der Waals surface area (Å²) in [6.07, 6.45) is 3.41. The number of ether oxygens (including phenoxy) is 1. The topological polar surface area (TPSA) is 46.0 Å². The molecule has 6 heteroatoms. The van der Waals surface area contributed by atoms with E-state index in [-0.39, 0.29) is 5.91 Å². The van der Waals surface area contributed by atoms with Crippen LogP contribution in [0.3, 0.4) is 0 Å². The van der Waals surface area contributed by atoms with Gasteiger partial charge in [-0.1, -0.05) is 19.8 Å². The van der Waals surface area contributed by atoms with E-state index in [1.807, 2.05) is 12.1 Å². The quantitative estimate of drug-likeness (QED) is 0.596. The molecule has 2 rings (SSSR count). The van der Waals surface area contributed by atoms with Crippen molar-refractivity contribution in [3.8, 4) is 5.75 Å². The van der Waals surface area contributed by atoms with Crippen molar-refractivity contribution in [3.05, 3.63) is 29.8 Å². The zero-order valence-corrected chi connectivity index (χ0v) is 15.5. The molecule has 1 aliphatic heterocycles. The highest BCUT2D eigenvalue weighted by atomic mass is 32.1. The maximum Gasteiger partial charge on any atom is 0.257 e. The van der Waals surface area contributed by atoms with E-state index >= 15 is 0 Å². The Morgan fingerprint density at radius 2 is 1.92 bits per heavy atom. The second kappa shape index (κ2) is 9.59. The van der Waals surface area contributed by atoms with Crippen LogP contribution < -0.4 is 15.0 Å². The van der Waals surface area contributed by atoms with Gasteiger partial charge in [-0.2, -0.15) is 0 Å². The van der Waals surface area contributed by atoms with E-state index in [0.29, 0.717) is 10.7 Å². The number of nitrogens with zero attached hydrogens (tertiary/aromatic N) is 1. The first kappa shape index (κ1) is 18.7. The van der Waals surface area contributed by atoms with Gasteiger partial charge in [0.05, 0.1) is 39.8 Å². The molecule has 1 aromatic rings. The summed E-state index contributed by atoms with van der Waals surface area (Å²) < 4.78 is 5.66. The SMILES string of the molecule is CCCCCOc1ccc(C(=O)NC(=S)N2CC[NH+](C)CC2)cc1. The smallest absolute Gasteiger partial charge is 0.257 e. The number of carbonyl (C=O) groups is 1. The summed E-state index contributed by atoms with van der Waals surface area (Å²) >= 11 is 5.36. The average Bonchev–Trinajstić information content (AvgIpc) is 2.59. The first-order valence-electron chi connectivity index (χ1n) is 8.74. The minimum absolute atomic E-state index is 0.163. The highest BCUT2D eigenvalue weighted by Gasteiger charge is 2.20. The highest BCUT2D eigenvalue weighted by Crippen LogP contribution is 2.13. The molecular weight excluding hydrogens is 322 g/mol. The van der Waals surface area contributed by atoms with Gasteiger partial charge in [-0.3, -0.25) is 10.1 Å². The number of hydrogen-bond donors (Lipinski definition) is 2. The predicted molar refractivity (Wildman–Crippen MR) is 99.7 cm³/mol. The third-order valence-corrected chi connectivity index (χ3v) is 4.62. The molecular formula is C18H28N3O2S+. The summed E-state index contributed by atoms with van der Waals surface area (Å²) in [5.41, 5.74) is 0.595. The Hall–Kier alpha value is -1.66. The summed E-state index contributed by atoms with van der Waals surface area (Å²) in [4.78, 5) is 15.9. The van der Waals surface area contributed by atoms with E-state index in [2.05, 4.69) is 24.2 Å². The van der Waals surface area contributed by atoms with E-state index in [4.69, 9.17) is 17.0 Å². The molecule has 0 aromatic heterocycles. The number of rotatable bonds is 6. The Kier molecular flexibility index (Phi) is 7.46.